The first-order valence-corrected chi connectivity index (χ1v) is 6.23. The van der Waals surface area contributed by atoms with Crippen molar-refractivity contribution in [2.45, 2.75) is 26.4 Å². The van der Waals surface area contributed by atoms with E-state index in [0.29, 0.717) is 16.9 Å². The fourth-order valence-corrected chi connectivity index (χ4v) is 2.66. The summed E-state index contributed by atoms with van der Waals surface area (Å²) in [6.07, 6.45) is -0.160. The van der Waals surface area contributed by atoms with E-state index in [1.54, 1.807) is 14.0 Å². The Balaban J connectivity index is 2.64. The van der Waals surface area contributed by atoms with E-state index in [2.05, 4.69) is 4.98 Å². The van der Waals surface area contributed by atoms with Crippen molar-refractivity contribution in [2.24, 2.45) is 0 Å². The van der Waals surface area contributed by atoms with Crippen LogP contribution >= 0.6 is 23.6 Å². The van der Waals surface area contributed by atoms with Crippen molar-refractivity contribution in [3.05, 3.63) is 14.5 Å². The molecule has 1 unspecified atom stereocenters. The zero-order valence-corrected chi connectivity index (χ0v) is 11.2. The molecule has 1 rings (SSSR count). The highest BCUT2D eigenvalue weighted by atomic mass is 32.1. The number of aliphatic hydroxyl groups excluding tert-OH is 1. The lowest BCUT2D eigenvalue weighted by molar-refractivity contribution is -0.130. The minimum absolute atomic E-state index is 0.00532. The highest BCUT2D eigenvalue weighted by Gasteiger charge is 2.14. The van der Waals surface area contributed by atoms with Crippen LogP contribution in [0.1, 0.15) is 17.5 Å². The standard InChI is InChI=1S/C10H16N2O2S2/c1-6(13)5-12(3)9(14)4-8-7(2)11-10(15)16-8/h6,13H,4-5H2,1-3H3,(H,11,15). The minimum Gasteiger partial charge on any atom is -0.392 e. The molecular weight excluding hydrogens is 244 g/mol. The van der Waals surface area contributed by atoms with Gasteiger partial charge in [0.05, 0.1) is 12.5 Å². The molecule has 0 aliphatic heterocycles. The fraction of sp³-hybridized carbons (Fsp3) is 0.600. The molecule has 0 bridgehead atoms. The third kappa shape index (κ3) is 3.70. The van der Waals surface area contributed by atoms with Gasteiger partial charge in [-0.2, -0.15) is 0 Å². The molecule has 6 heteroatoms. The zero-order valence-electron chi connectivity index (χ0n) is 9.61. The van der Waals surface area contributed by atoms with Gasteiger partial charge in [0.2, 0.25) is 5.91 Å². The Labute approximate surface area is 104 Å². The van der Waals surface area contributed by atoms with Gasteiger partial charge in [0.25, 0.3) is 0 Å². The lowest BCUT2D eigenvalue weighted by Crippen LogP contribution is -2.34. The van der Waals surface area contributed by atoms with Gasteiger partial charge >= 0.3 is 0 Å². The van der Waals surface area contributed by atoms with Gasteiger partial charge < -0.3 is 15.0 Å². The van der Waals surface area contributed by atoms with Crippen molar-refractivity contribution < 1.29 is 9.90 Å². The summed E-state index contributed by atoms with van der Waals surface area (Å²) in [5, 5.41) is 9.18. The third-order valence-electron chi connectivity index (χ3n) is 2.20. The third-order valence-corrected chi connectivity index (χ3v) is 3.54. The largest absolute Gasteiger partial charge is 0.392 e. The highest BCUT2D eigenvalue weighted by molar-refractivity contribution is 7.73. The number of aromatic nitrogens is 1. The molecule has 1 amide bonds. The van der Waals surface area contributed by atoms with Crippen LogP contribution in [0.2, 0.25) is 0 Å². The summed E-state index contributed by atoms with van der Waals surface area (Å²) in [5.41, 5.74) is 0.953. The lowest BCUT2D eigenvalue weighted by Gasteiger charge is -2.18. The molecule has 0 aromatic carbocycles. The van der Waals surface area contributed by atoms with E-state index >= 15 is 0 Å². The van der Waals surface area contributed by atoms with Gasteiger partial charge in [0.15, 0.2) is 3.95 Å². The smallest absolute Gasteiger partial charge is 0.227 e. The fourth-order valence-electron chi connectivity index (χ4n) is 1.38. The monoisotopic (exact) mass is 260 g/mol. The van der Waals surface area contributed by atoms with Crippen LogP contribution in [-0.4, -0.2) is 40.6 Å². The topological polar surface area (TPSA) is 56.3 Å². The number of rotatable bonds is 4. The summed E-state index contributed by atoms with van der Waals surface area (Å²) in [6, 6.07) is 0. The van der Waals surface area contributed by atoms with Crippen LogP contribution in [0.5, 0.6) is 0 Å². The molecule has 1 aromatic rings. The number of thiazole rings is 1. The van der Waals surface area contributed by atoms with Crippen molar-refractivity contribution in [1.29, 1.82) is 0 Å². The zero-order chi connectivity index (χ0) is 12.3. The van der Waals surface area contributed by atoms with Crippen molar-refractivity contribution >= 4 is 29.5 Å². The maximum Gasteiger partial charge on any atom is 0.227 e. The number of amides is 1. The first-order valence-electron chi connectivity index (χ1n) is 5.00. The van der Waals surface area contributed by atoms with Crippen LogP contribution in [0.4, 0.5) is 0 Å². The number of aromatic amines is 1. The number of likely N-dealkylation sites (N-methyl/N-ethyl adjacent to an activating group) is 1. The lowest BCUT2D eigenvalue weighted by atomic mass is 10.2. The van der Waals surface area contributed by atoms with Gasteiger partial charge in [-0.1, -0.05) is 0 Å². The van der Waals surface area contributed by atoms with Gasteiger partial charge in [-0.05, 0) is 26.1 Å². The van der Waals surface area contributed by atoms with Gasteiger partial charge in [-0.3, -0.25) is 4.79 Å². The number of H-pyrrole nitrogens is 1. The van der Waals surface area contributed by atoms with E-state index in [0.717, 1.165) is 10.6 Å². The highest BCUT2D eigenvalue weighted by Crippen LogP contribution is 2.15. The van der Waals surface area contributed by atoms with Crippen molar-refractivity contribution in [3.8, 4) is 0 Å². The molecule has 0 saturated carbocycles. The second-order valence-electron chi connectivity index (χ2n) is 3.86. The number of carbonyl (C=O) groups excluding carboxylic acids is 1. The molecule has 0 saturated heterocycles. The molecule has 1 aromatic heterocycles. The summed E-state index contributed by atoms with van der Waals surface area (Å²) in [6.45, 7) is 3.92. The van der Waals surface area contributed by atoms with Crippen LogP contribution in [0, 0.1) is 10.9 Å². The molecule has 2 N–H and O–H groups in total. The van der Waals surface area contributed by atoms with E-state index in [1.165, 1.54) is 16.2 Å². The quantitative estimate of drug-likeness (QED) is 0.807. The van der Waals surface area contributed by atoms with Gasteiger partial charge in [-0.25, -0.2) is 0 Å². The average molecular weight is 260 g/mol. The molecule has 1 atom stereocenters. The maximum absolute atomic E-state index is 11.8. The van der Waals surface area contributed by atoms with Crippen molar-refractivity contribution in [3.63, 3.8) is 0 Å². The number of nitrogens with zero attached hydrogens (tertiary/aromatic N) is 1. The van der Waals surface area contributed by atoms with E-state index in [9.17, 15) is 9.90 Å². The summed E-state index contributed by atoms with van der Waals surface area (Å²) < 4.78 is 0.693. The Hall–Kier alpha value is -0.720. The van der Waals surface area contributed by atoms with Crippen LogP contribution in [-0.2, 0) is 11.2 Å². The van der Waals surface area contributed by atoms with Gasteiger partial charge in [-0.15, -0.1) is 11.3 Å². The first kappa shape index (κ1) is 13.3. The molecule has 0 spiro atoms. The first-order chi connectivity index (χ1) is 7.40. The molecule has 0 radical (unpaired) electrons. The second-order valence-corrected chi connectivity index (χ2v) is 5.63. The molecule has 1 heterocycles. The average Bonchev–Trinajstić information content (AvgIpc) is 2.43. The number of aryl methyl sites for hydroxylation is 1. The number of hydrogen-bond donors (Lipinski definition) is 2. The van der Waals surface area contributed by atoms with E-state index in [1.807, 2.05) is 6.92 Å². The number of hydrogen-bond acceptors (Lipinski definition) is 4. The molecule has 16 heavy (non-hydrogen) atoms. The summed E-state index contributed by atoms with van der Waals surface area (Å²) in [5.74, 6) is -0.00532. The summed E-state index contributed by atoms with van der Waals surface area (Å²) in [4.78, 5) is 17.3. The number of nitrogens with one attached hydrogen (secondary N) is 1. The van der Waals surface area contributed by atoms with Crippen LogP contribution in [0.3, 0.4) is 0 Å². The molecule has 0 aliphatic rings. The van der Waals surface area contributed by atoms with Crippen LogP contribution in [0.15, 0.2) is 0 Å². The molecule has 0 aliphatic carbocycles. The molecular formula is C10H16N2O2S2. The van der Waals surface area contributed by atoms with Crippen molar-refractivity contribution in [2.75, 3.05) is 13.6 Å². The molecule has 4 nitrogen and oxygen atoms in total. The van der Waals surface area contributed by atoms with Crippen molar-refractivity contribution in [1.82, 2.24) is 9.88 Å². The molecule has 0 fully saturated rings. The second kappa shape index (κ2) is 5.56. The molecule has 90 valence electrons. The predicted molar refractivity (Wildman–Crippen MR) is 67.3 cm³/mol. The summed E-state index contributed by atoms with van der Waals surface area (Å²) in [7, 11) is 1.69. The Bertz CT molecular complexity index is 423. The van der Waals surface area contributed by atoms with Crippen LogP contribution < -0.4 is 0 Å². The van der Waals surface area contributed by atoms with E-state index in [-0.39, 0.29) is 5.91 Å². The number of aliphatic hydroxyl groups is 1. The van der Waals surface area contributed by atoms with E-state index in [4.69, 9.17) is 12.2 Å². The maximum atomic E-state index is 11.8. The minimum atomic E-state index is -0.501. The summed E-state index contributed by atoms with van der Waals surface area (Å²) >= 11 is 6.44. The Kier molecular flexibility index (Phi) is 4.64. The Morgan fingerprint density at radius 1 is 1.69 bits per heavy atom. The normalized spacial score (nSPS) is 12.5. The SMILES string of the molecule is Cc1[nH]c(=S)sc1CC(=O)N(C)CC(C)O. The number of carbonyl (C=O) groups is 1. The Morgan fingerprint density at radius 3 is 2.75 bits per heavy atom. The Morgan fingerprint density at radius 2 is 2.31 bits per heavy atom. The van der Waals surface area contributed by atoms with Gasteiger partial charge in [0.1, 0.15) is 0 Å². The predicted octanol–water partition coefficient (Wildman–Crippen LogP) is 1.50. The van der Waals surface area contributed by atoms with Gasteiger partial charge in [0, 0.05) is 24.2 Å². The van der Waals surface area contributed by atoms with Crippen LogP contribution in [0.25, 0.3) is 0 Å². The van der Waals surface area contributed by atoms with E-state index < -0.39 is 6.10 Å².